The molecule has 150 valence electrons. The van der Waals surface area contributed by atoms with Crippen LogP contribution in [-0.4, -0.2) is 33.5 Å². The Labute approximate surface area is 176 Å². The zero-order valence-electron chi connectivity index (χ0n) is 15.5. The molecule has 29 heavy (non-hydrogen) atoms. The Kier molecular flexibility index (Phi) is 6.19. The van der Waals surface area contributed by atoms with Crippen LogP contribution in [0.5, 0.6) is 11.5 Å². The molecule has 0 spiro atoms. The summed E-state index contributed by atoms with van der Waals surface area (Å²) in [5.41, 5.74) is 0.680. The Hall–Kier alpha value is -2.91. The van der Waals surface area contributed by atoms with Crippen LogP contribution < -0.4 is 14.8 Å². The van der Waals surface area contributed by atoms with Gasteiger partial charge in [0.15, 0.2) is 5.03 Å². The van der Waals surface area contributed by atoms with Crippen LogP contribution in [-0.2, 0) is 9.84 Å². The highest BCUT2D eigenvalue weighted by atomic mass is 79.9. The molecule has 0 atom stereocenters. The van der Waals surface area contributed by atoms with Gasteiger partial charge >= 0.3 is 0 Å². The monoisotopic (exact) mass is 476 g/mol. The number of carbonyl (C=O) groups is 1. The lowest BCUT2D eigenvalue weighted by Crippen LogP contribution is -2.13. The van der Waals surface area contributed by atoms with Gasteiger partial charge in [0.05, 0.1) is 24.7 Å². The van der Waals surface area contributed by atoms with Crippen molar-refractivity contribution in [3.8, 4) is 11.5 Å². The van der Waals surface area contributed by atoms with Crippen molar-refractivity contribution in [2.45, 2.75) is 9.92 Å². The largest absolute Gasteiger partial charge is 0.497 e. The highest BCUT2D eigenvalue weighted by Crippen LogP contribution is 2.26. The van der Waals surface area contributed by atoms with Crippen molar-refractivity contribution < 1.29 is 22.7 Å². The number of methoxy groups -OCH3 is 2. The van der Waals surface area contributed by atoms with E-state index < -0.39 is 15.7 Å². The van der Waals surface area contributed by atoms with Gasteiger partial charge in [-0.15, -0.1) is 0 Å². The number of sulfone groups is 1. The molecule has 0 unspecified atom stereocenters. The second-order valence-electron chi connectivity index (χ2n) is 5.90. The van der Waals surface area contributed by atoms with E-state index in [0.29, 0.717) is 17.2 Å². The molecule has 0 bridgehead atoms. The molecule has 0 aliphatic heterocycles. The maximum absolute atomic E-state index is 12.7. The van der Waals surface area contributed by atoms with Gasteiger partial charge in [0.1, 0.15) is 11.5 Å². The molecule has 7 nitrogen and oxygen atoms in total. The molecule has 1 N–H and O–H groups in total. The number of carbonyl (C=O) groups excluding carboxylic acids is 1. The van der Waals surface area contributed by atoms with Crippen LogP contribution >= 0.6 is 15.9 Å². The Morgan fingerprint density at radius 3 is 2.10 bits per heavy atom. The quantitative estimate of drug-likeness (QED) is 0.578. The predicted molar refractivity (Wildman–Crippen MR) is 111 cm³/mol. The number of hydrogen-bond acceptors (Lipinski definition) is 6. The van der Waals surface area contributed by atoms with Crippen molar-refractivity contribution in [2.75, 3.05) is 19.5 Å². The Bertz CT molecular complexity index is 1110. The third-order valence-corrected chi connectivity index (χ3v) is 6.22. The second kappa shape index (κ2) is 8.62. The molecular formula is C20H17BrN2O5S. The van der Waals surface area contributed by atoms with Crippen molar-refractivity contribution in [1.82, 2.24) is 4.98 Å². The van der Waals surface area contributed by atoms with Crippen LogP contribution in [0, 0.1) is 0 Å². The molecule has 0 saturated carbocycles. The average molecular weight is 477 g/mol. The fourth-order valence-corrected chi connectivity index (χ4v) is 3.93. The summed E-state index contributed by atoms with van der Waals surface area (Å²) < 4.78 is 36.4. The normalized spacial score (nSPS) is 11.0. The summed E-state index contributed by atoms with van der Waals surface area (Å²) in [7, 11) is -0.754. The van der Waals surface area contributed by atoms with Crippen molar-refractivity contribution in [2.24, 2.45) is 0 Å². The molecule has 1 amide bonds. The van der Waals surface area contributed by atoms with Crippen LogP contribution in [0.2, 0.25) is 0 Å². The van der Waals surface area contributed by atoms with E-state index in [1.807, 2.05) is 0 Å². The molecule has 2 aromatic carbocycles. The van der Waals surface area contributed by atoms with Gasteiger partial charge in [-0.2, -0.15) is 0 Å². The smallest absolute Gasteiger partial charge is 0.257 e. The minimum absolute atomic E-state index is 0.119. The number of nitrogens with one attached hydrogen (secondary N) is 1. The van der Waals surface area contributed by atoms with E-state index in [1.54, 1.807) is 30.3 Å². The standard InChI is InChI=1S/C20H17BrN2O5S/c1-27-16-9-15(10-17(11-16)28-2)23-20(24)13-3-8-19(22-12-13)29(25,26)18-6-4-14(21)5-7-18/h3-12H,1-2H3,(H,23,24). The first-order valence-corrected chi connectivity index (χ1v) is 10.6. The van der Waals surface area contributed by atoms with Gasteiger partial charge in [-0.05, 0) is 36.4 Å². The van der Waals surface area contributed by atoms with E-state index >= 15 is 0 Å². The summed E-state index contributed by atoms with van der Waals surface area (Å²) in [6.07, 6.45) is 1.22. The van der Waals surface area contributed by atoms with E-state index in [1.165, 1.54) is 44.7 Å². The number of hydrogen-bond donors (Lipinski definition) is 1. The zero-order valence-corrected chi connectivity index (χ0v) is 18.0. The fourth-order valence-electron chi connectivity index (χ4n) is 2.49. The molecule has 3 aromatic rings. The summed E-state index contributed by atoms with van der Waals surface area (Å²) in [4.78, 5) is 16.6. The lowest BCUT2D eigenvalue weighted by molar-refractivity contribution is 0.102. The zero-order chi connectivity index (χ0) is 21.0. The fraction of sp³-hybridized carbons (Fsp3) is 0.100. The van der Waals surface area contributed by atoms with E-state index in [2.05, 4.69) is 26.2 Å². The van der Waals surface area contributed by atoms with Gasteiger partial charge in [-0.1, -0.05) is 15.9 Å². The number of aromatic nitrogens is 1. The SMILES string of the molecule is COc1cc(NC(=O)c2ccc(S(=O)(=O)c3ccc(Br)cc3)nc2)cc(OC)c1. The number of rotatable bonds is 6. The summed E-state index contributed by atoms with van der Waals surface area (Å²) in [6, 6.07) is 13.9. The number of anilines is 1. The molecule has 0 aliphatic rings. The lowest BCUT2D eigenvalue weighted by Gasteiger charge is -2.10. The molecule has 1 heterocycles. The van der Waals surface area contributed by atoms with Gasteiger partial charge in [-0.3, -0.25) is 4.79 Å². The summed E-state index contributed by atoms with van der Waals surface area (Å²) in [5, 5.41) is 2.57. The maximum Gasteiger partial charge on any atom is 0.257 e. The predicted octanol–water partition coefficient (Wildman–Crippen LogP) is 3.95. The van der Waals surface area contributed by atoms with Crippen molar-refractivity contribution in [3.05, 3.63) is 70.8 Å². The van der Waals surface area contributed by atoms with Crippen LogP contribution in [0.25, 0.3) is 0 Å². The first kappa shape index (κ1) is 20.8. The summed E-state index contributed by atoms with van der Waals surface area (Å²) >= 11 is 3.27. The van der Waals surface area contributed by atoms with Crippen LogP contribution in [0.4, 0.5) is 5.69 Å². The molecule has 1 aromatic heterocycles. The van der Waals surface area contributed by atoms with Gasteiger partial charge in [0, 0.05) is 34.6 Å². The van der Waals surface area contributed by atoms with Crippen LogP contribution in [0.15, 0.2) is 75.2 Å². The number of halogens is 1. The summed E-state index contributed by atoms with van der Waals surface area (Å²) in [5.74, 6) is 0.600. The third-order valence-electron chi connectivity index (χ3n) is 4.01. The number of pyridine rings is 1. The van der Waals surface area contributed by atoms with E-state index in [4.69, 9.17) is 9.47 Å². The van der Waals surface area contributed by atoms with Crippen molar-refractivity contribution in [3.63, 3.8) is 0 Å². The highest BCUT2D eigenvalue weighted by Gasteiger charge is 2.20. The van der Waals surface area contributed by atoms with Gasteiger partial charge < -0.3 is 14.8 Å². The minimum atomic E-state index is -3.77. The lowest BCUT2D eigenvalue weighted by atomic mass is 10.2. The third kappa shape index (κ3) is 4.75. The number of ether oxygens (including phenoxy) is 2. The molecule has 0 saturated heterocycles. The maximum atomic E-state index is 12.7. The van der Waals surface area contributed by atoms with Gasteiger partial charge in [-0.25, -0.2) is 13.4 Å². The topological polar surface area (TPSA) is 94.6 Å². The van der Waals surface area contributed by atoms with Gasteiger partial charge in [0.25, 0.3) is 5.91 Å². The summed E-state index contributed by atoms with van der Waals surface area (Å²) in [6.45, 7) is 0. The molecule has 9 heteroatoms. The average Bonchev–Trinajstić information content (AvgIpc) is 2.73. The molecule has 3 rings (SSSR count). The van der Waals surface area contributed by atoms with Gasteiger partial charge in [0.2, 0.25) is 9.84 Å². The minimum Gasteiger partial charge on any atom is -0.497 e. The Balaban J connectivity index is 1.81. The van der Waals surface area contributed by atoms with Crippen LogP contribution in [0.1, 0.15) is 10.4 Å². The second-order valence-corrected chi connectivity index (χ2v) is 8.71. The number of amides is 1. The Morgan fingerprint density at radius 2 is 1.59 bits per heavy atom. The van der Waals surface area contributed by atoms with E-state index in [9.17, 15) is 13.2 Å². The van der Waals surface area contributed by atoms with E-state index in [-0.39, 0.29) is 15.5 Å². The highest BCUT2D eigenvalue weighted by molar-refractivity contribution is 9.10. The molecule has 0 aliphatic carbocycles. The van der Waals surface area contributed by atoms with E-state index in [0.717, 1.165) is 4.47 Å². The van der Waals surface area contributed by atoms with Crippen LogP contribution in [0.3, 0.4) is 0 Å². The number of nitrogens with zero attached hydrogens (tertiary/aromatic N) is 1. The van der Waals surface area contributed by atoms with Crippen molar-refractivity contribution in [1.29, 1.82) is 0 Å². The van der Waals surface area contributed by atoms with Crippen molar-refractivity contribution >= 4 is 37.4 Å². The Morgan fingerprint density at radius 1 is 0.966 bits per heavy atom. The molecule has 0 fully saturated rings. The first-order valence-electron chi connectivity index (χ1n) is 8.34. The number of benzene rings is 2. The molecule has 0 radical (unpaired) electrons. The first-order chi connectivity index (χ1) is 13.8. The molecular weight excluding hydrogens is 460 g/mol.